The highest BCUT2D eigenvalue weighted by Crippen LogP contribution is 2.32. The van der Waals surface area contributed by atoms with E-state index < -0.39 is 0 Å². The van der Waals surface area contributed by atoms with Crippen molar-refractivity contribution < 1.29 is 0 Å². The predicted octanol–water partition coefficient (Wildman–Crippen LogP) is 2.01. The van der Waals surface area contributed by atoms with Crippen LogP contribution in [0.4, 0.5) is 0 Å². The fourth-order valence-electron chi connectivity index (χ4n) is 2.37. The number of hydrogen-bond donors (Lipinski definition) is 1. The van der Waals surface area contributed by atoms with Crippen LogP contribution < -0.4 is 5.56 Å². The molecule has 4 rings (SSSR count). The lowest BCUT2D eigenvalue weighted by Gasteiger charge is -2.01. The molecule has 0 bridgehead atoms. The van der Waals surface area contributed by atoms with Gasteiger partial charge in [0.2, 0.25) is 0 Å². The highest BCUT2D eigenvalue weighted by atomic mass is 16.1. The SMILES string of the molecule is O=c1[nH]c2nnc3cccc4cccc1-c2c43. The lowest BCUT2D eigenvalue weighted by Crippen LogP contribution is -1.97. The molecule has 2 heterocycles. The maximum absolute atomic E-state index is 11.8. The average Bonchev–Trinajstić information content (AvgIpc) is 2.55. The molecule has 0 amide bonds. The molecule has 4 nitrogen and oxygen atoms in total. The summed E-state index contributed by atoms with van der Waals surface area (Å²) in [4.78, 5) is 14.5. The van der Waals surface area contributed by atoms with Crippen LogP contribution in [0.3, 0.4) is 0 Å². The maximum atomic E-state index is 11.8. The second-order valence-electron chi connectivity index (χ2n) is 4.06. The Hall–Kier alpha value is -2.49. The van der Waals surface area contributed by atoms with E-state index in [9.17, 15) is 4.79 Å². The number of nitrogens with zero attached hydrogens (tertiary/aromatic N) is 2. The van der Waals surface area contributed by atoms with Crippen LogP contribution in [-0.2, 0) is 0 Å². The van der Waals surface area contributed by atoms with Crippen molar-refractivity contribution >= 4 is 21.9 Å². The van der Waals surface area contributed by atoms with E-state index in [1.807, 2.05) is 36.4 Å². The molecule has 0 saturated heterocycles. The van der Waals surface area contributed by atoms with Crippen LogP contribution in [0.25, 0.3) is 33.1 Å². The molecule has 0 radical (unpaired) electrons. The normalized spacial score (nSPS) is 11.8. The third kappa shape index (κ3) is 0.990. The van der Waals surface area contributed by atoms with Crippen LogP contribution in [0, 0.1) is 0 Å². The molecule has 0 spiro atoms. The Bertz CT molecular complexity index is 865. The van der Waals surface area contributed by atoms with Crippen LogP contribution in [0.5, 0.6) is 0 Å². The Morgan fingerprint density at radius 1 is 1.00 bits per heavy atom. The van der Waals surface area contributed by atoms with Gasteiger partial charge in [-0.05, 0) is 17.5 Å². The first-order valence-electron chi connectivity index (χ1n) is 5.34. The molecule has 0 fully saturated rings. The van der Waals surface area contributed by atoms with Gasteiger partial charge in [-0.3, -0.25) is 4.79 Å². The summed E-state index contributed by atoms with van der Waals surface area (Å²) in [6.07, 6.45) is 0. The lowest BCUT2D eigenvalue weighted by atomic mass is 10.0. The van der Waals surface area contributed by atoms with Crippen molar-refractivity contribution in [3.63, 3.8) is 0 Å². The second kappa shape index (κ2) is 2.79. The molecule has 2 aliphatic rings. The molecule has 4 heteroatoms. The van der Waals surface area contributed by atoms with E-state index in [0.29, 0.717) is 11.2 Å². The van der Waals surface area contributed by atoms with E-state index in [1.165, 1.54) is 0 Å². The molecule has 1 aliphatic carbocycles. The molecule has 0 saturated carbocycles. The molecule has 80 valence electrons. The van der Waals surface area contributed by atoms with Crippen LogP contribution in [-0.4, -0.2) is 15.2 Å². The van der Waals surface area contributed by atoms with E-state index >= 15 is 0 Å². The zero-order valence-corrected chi connectivity index (χ0v) is 8.77. The van der Waals surface area contributed by atoms with Crippen molar-refractivity contribution in [3.8, 4) is 11.1 Å². The molecular weight excluding hydrogens is 214 g/mol. The molecule has 1 N–H and O–H groups in total. The van der Waals surface area contributed by atoms with Gasteiger partial charge in [-0.25, -0.2) is 0 Å². The Morgan fingerprint density at radius 2 is 1.82 bits per heavy atom. The lowest BCUT2D eigenvalue weighted by molar-refractivity contribution is 1.09. The van der Waals surface area contributed by atoms with Crippen molar-refractivity contribution in [1.82, 2.24) is 15.2 Å². The smallest absolute Gasteiger partial charge is 0.257 e. The van der Waals surface area contributed by atoms with Crippen LogP contribution in [0.2, 0.25) is 0 Å². The topological polar surface area (TPSA) is 58.6 Å². The summed E-state index contributed by atoms with van der Waals surface area (Å²) in [5, 5.41) is 10.2. The molecule has 17 heavy (non-hydrogen) atoms. The number of aromatic nitrogens is 3. The van der Waals surface area contributed by atoms with Crippen molar-refractivity contribution in [2.24, 2.45) is 0 Å². The highest BCUT2D eigenvalue weighted by Gasteiger charge is 2.18. The Balaban J connectivity index is 2.46. The van der Waals surface area contributed by atoms with Crippen LogP contribution in [0.1, 0.15) is 0 Å². The van der Waals surface area contributed by atoms with Gasteiger partial charge in [0, 0.05) is 10.9 Å². The van der Waals surface area contributed by atoms with E-state index in [4.69, 9.17) is 0 Å². The molecular formula is C13H7N3O. The van der Waals surface area contributed by atoms with E-state index in [1.54, 1.807) is 0 Å². The summed E-state index contributed by atoms with van der Waals surface area (Å²) in [5.74, 6) is 0. The first-order chi connectivity index (χ1) is 8.34. The Labute approximate surface area is 95.6 Å². The van der Waals surface area contributed by atoms with Gasteiger partial charge in [-0.2, -0.15) is 0 Å². The van der Waals surface area contributed by atoms with Crippen molar-refractivity contribution in [2.75, 3.05) is 0 Å². The van der Waals surface area contributed by atoms with Crippen LogP contribution >= 0.6 is 0 Å². The number of nitrogens with one attached hydrogen (secondary N) is 1. The quantitative estimate of drug-likeness (QED) is 0.494. The summed E-state index contributed by atoms with van der Waals surface area (Å²) in [6.45, 7) is 0. The van der Waals surface area contributed by atoms with Gasteiger partial charge in [0.25, 0.3) is 5.56 Å². The van der Waals surface area contributed by atoms with Crippen molar-refractivity contribution in [2.45, 2.75) is 0 Å². The van der Waals surface area contributed by atoms with Gasteiger partial charge in [-0.15, -0.1) is 10.2 Å². The number of hydrogen-bond acceptors (Lipinski definition) is 3. The highest BCUT2D eigenvalue weighted by molar-refractivity contribution is 6.10. The molecule has 1 aliphatic heterocycles. The Morgan fingerprint density at radius 3 is 2.71 bits per heavy atom. The summed E-state index contributed by atoms with van der Waals surface area (Å²) in [7, 11) is 0. The molecule has 0 unspecified atom stereocenters. The standard InChI is InChI=1S/C13H7N3O/c17-13-8-5-1-3-7-4-2-6-9-10(7)11(8)12(14-13)16-15-9/h1-6H,(H,14,16,17). The van der Waals surface area contributed by atoms with Gasteiger partial charge < -0.3 is 4.98 Å². The molecule has 1 aromatic carbocycles. The third-order valence-corrected chi connectivity index (χ3v) is 3.10. The molecule has 2 aromatic rings. The zero-order valence-electron chi connectivity index (χ0n) is 8.77. The first kappa shape index (κ1) is 8.64. The number of aromatic amines is 1. The minimum atomic E-state index is -0.108. The van der Waals surface area contributed by atoms with Gasteiger partial charge in [0.05, 0.1) is 11.1 Å². The molecule has 1 aromatic heterocycles. The third-order valence-electron chi connectivity index (χ3n) is 3.10. The summed E-state index contributed by atoms with van der Waals surface area (Å²) >= 11 is 0. The number of H-pyrrole nitrogens is 1. The van der Waals surface area contributed by atoms with Crippen molar-refractivity contribution in [3.05, 3.63) is 46.8 Å². The Kier molecular flexibility index (Phi) is 1.42. The second-order valence-corrected chi connectivity index (χ2v) is 4.06. The predicted molar refractivity (Wildman–Crippen MR) is 65.5 cm³/mol. The monoisotopic (exact) mass is 221 g/mol. The largest absolute Gasteiger partial charge is 0.304 e. The average molecular weight is 221 g/mol. The van der Waals surface area contributed by atoms with Crippen molar-refractivity contribution in [1.29, 1.82) is 0 Å². The van der Waals surface area contributed by atoms with Gasteiger partial charge in [0.1, 0.15) is 0 Å². The minimum Gasteiger partial charge on any atom is -0.304 e. The van der Waals surface area contributed by atoms with E-state index in [-0.39, 0.29) is 5.56 Å². The minimum absolute atomic E-state index is 0.108. The van der Waals surface area contributed by atoms with E-state index in [2.05, 4.69) is 15.2 Å². The fourth-order valence-corrected chi connectivity index (χ4v) is 2.37. The van der Waals surface area contributed by atoms with E-state index in [0.717, 1.165) is 21.9 Å². The van der Waals surface area contributed by atoms with Gasteiger partial charge >= 0.3 is 0 Å². The summed E-state index contributed by atoms with van der Waals surface area (Å²) < 4.78 is 0. The van der Waals surface area contributed by atoms with Crippen LogP contribution in [0.15, 0.2) is 41.2 Å². The zero-order chi connectivity index (χ0) is 11.4. The fraction of sp³-hybridized carbons (Fsp3) is 0. The summed E-state index contributed by atoms with van der Waals surface area (Å²) in [6, 6.07) is 11.6. The summed E-state index contributed by atoms with van der Waals surface area (Å²) in [5.41, 5.74) is 2.81. The number of rotatable bonds is 0. The van der Waals surface area contributed by atoms with Gasteiger partial charge in [0.15, 0.2) is 5.65 Å². The first-order valence-corrected chi connectivity index (χ1v) is 5.34. The molecule has 0 atom stereocenters. The number of benzene rings is 1. The maximum Gasteiger partial charge on any atom is 0.257 e. The van der Waals surface area contributed by atoms with Gasteiger partial charge in [-0.1, -0.05) is 24.3 Å².